The highest BCUT2D eigenvalue weighted by molar-refractivity contribution is 5.83. The van der Waals surface area contributed by atoms with E-state index in [1.54, 1.807) is 0 Å². The Morgan fingerprint density at radius 1 is 1.47 bits per heavy atom. The van der Waals surface area contributed by atoms with Crippen LogP contribution in [0.2, 0.25) is 0 Å². The second-order valence-electron chi connectivity index (χ2n) is 3.69. The lowest BCUT2D eigenvalue weighted by Gasteiger charge is -2.14. The Kier molecular flexibility index (Phi) is 7.49. The molecule has 0 saturated heterocycles. The molecule has 0 spiro atoms. The third-order valence-electron chi connectivity index (χ3n) is 2.10. The van der Waals surface area contributed by atoms with Crippen LogP contribution in [0.4, 0.5) is 0 Å². The molecule has 0 bridgehead atoms. The highest BCUT2D eigenvalue weighted by Crippen LogP contribution is 1.98. The highest BCUT2D eigenvalue weighted by atomic mass is 16.4. The van der Waals surface area contributed by atoms with Gasteiger partial charge in [-0.1, -0.05) is 6.92 Å². The van der Waals surface area contributed by atoms with Gasteiger partial charge in [-0.3, -0.25) is 10.2 Å². The molecule has 0 aromatic rings. The summed E-state index contributed by atoms with van der Waals surface area (Å²) in [5.41, 5.74) is 5.08. The monoisotopic (exact) mass is 244 g/mol. The minimum Gasteiger partial charge on any atom is -0.480 e. The molecule has 0 rings (SSSR count). The van der Waals surface area contributed by atoms with Gasteiger partial charge in [0.05, 0.1) is 0 Å². The minimum atomic E-state index is -1.04. The Balaban J connectivity index is 3.95. The summed E-state index contributed by atoms with van der Waals surface area (Å²) in [4.78, 5) is 22.1. The van der Waals surface area contributed by atoms with Gasteiger partial charge in [-0.2, -0.15) is 0 Å². The number of guanidine groups is 1. The lowest BCUT2D eigenvalue weighted by Crippen LogP contribution is -2.41. The lowest BCUT2D eigenvalue weighted by atomic mass is 10.1. The van der Waals surface area contributed by atoms with Crippen molar-refractivity contribution in [3.63, 3.8) is 0 Å². The van der Waals surface area contributed by atoms with Gasteiger partial charge in [0.25, 0.3) is 0 Å². The molecule has 0 saturated carbocycles. The van der Waals surface area contributed by atoms with Crippen LogP contribution in [-0.4, -0.2) is 35.5 Å². The highest BCUT2D eigenvalue weighted by Gasteiger charge is 2.18. The molecule has 1 atom stereocenters. The number of hydrogen-bond acceptors (Lipinski definition) is 3. The SMILES string of the molecule is CCCC(=O)N[C@@H](CCCNC(=N)N)C(=O)O. The van der Waals surface area contributed by atoms with Gasteiger partial charge >= 0.3 is 5.97 Å². The predicted octanol–water partition coefficient (Wildman–Crippen LogP) is -0.381. The minimum absolute atomic E-state index is 0.146. The van der Waals surface area contributed by atoms with E-state index in [1.807, 2.05) is 6.92 Å². The summed E-state index contributed by atoms with van der Waals surface area (Å²) in [5, 5.41) is 20.8. The maximum Gasteiger partial charge on any atom is 0.326 e. The summed E-state index contributed by atoms with van der Waals surface area (Å²) in [5.74, 6) is -1.44. The summed E-state index contributed by atoms with van der Waals surface area (Å²) in [6.07, 6.45) is 1.84. The van der Waals surface area contributed by atoms with E-state index in [0.29, 0.717) is 32.2 Å². The number of nitrogens with two attached hydrogens (primary N) is 1. The third kappa shape index (κ3) is 8.06. The number of aliphatic carboxylic acids is 1. The van der Waals surface area contributed by atoms with Crippen molar-refractivity contribution in [2.45, 2.75) is 38.6 Å². The van der Waals surface area contributed by atoms with Gasteiger partial charge in [0.1, 0.15) is 6.04 Å². The standard InChI is InChI=1S/C10H20N4O3/c1-2-4-8(15)14-7(9(16)17)5-3-6-13-10(11)12/h7H,2-6H2,1H3,(H,14,15)(H,16,17)(H4,11,12,13)/t7-/m0/s1. The van der Waals surface area contributed by atoms with Crippen LogP contribution in [0.3, 0.4) is 0 Å². The number of hydrogen-bond donors (Lipinski definition) is 5. The van der Waals surface area contributed by atoms with Crippen LogP contribution >= 0.6 is 0 Å². The second-order valence-corrected chi connectivity index (χ2v) is 3.69. The van der Waals surface area contributed by atoms with Crippen LogP contribution in [0.25, 0.3) is 0 Å². The van der Waals surface area contributed by atoms with Crippen LogP contribution < -0.4 is 16.4 Å². The fourth-order valence-electron chi connectivity index (χ4n) is 1.28. The molecular formula is C10H20N4O3. The summed E-state index contributed by atoms with van der Waals surface area (Å²) < 4.78 is 0. The van der Waals surface area contributed by atoms with Gasteiger partial charge in [-0.25, -0.2) is 4.79 Å². The van der Waals surface area contributed by atoms with Gasteiger partial charge in [0.15, 0.2) is 5.96 Å². The van der Waals surface area contributed by atoms with E-state index in [1.165, 1.54) is 0 Å². The largest absolute Gasteiger partial charge is 0.480 e. The van der Waals surface area contributed by atoms with E-state index in [2.05, 4.69) is 10.6 Å². The first-order chi connectivity index (χ1) is 7.97. The first-order valence-corrected chi connectivity index (χ1v) is 5.57. The van der Waals surface area contributed by atoms with Crippen molar-refractivity contribution >= 4 is 17.8 Å². The van der Waals surface area contributed by atoms with Gasteiger partial charge in [-0.05, 0) is 19.3 Å². The first-order valence-electron chi connectivity index (χ1n) is 5.57. The van der Waals surface area contributed by atoms with E-state index in [-0.39, 0.29) is 11.9 Å². The van der Waals surface area contributed by atoms with Gasteiger partial charge in [0, 0.05) is 13.0 Å². The van der Waals surface area contributed by atoms with Crippen LogP contribution in [0.15, 0.2) is 0 Å². The molecule has 0 aliphatic carbocycles. The zero-order chi connectivity index (χ0) is 13.3. The molecule has 0 radical (unpaired) electrons. The zero-order valence-electron chi connectivity index (χ0n) is 9.95. The Morgan fingerprint density at radius 3 is 2.59 bits per heavy atom. The van der Waals surface area contributed by atoms with E-state index < -0.39 is 12.0 Å². The van der Waals surface area contributed by atoms with Crippen molar-refractivity contribution in [1.29, 1.82) is 5.41 Å². The van der Waals surface area contributed by atoms with E-state index in [0.717, 1.165) is 0 Å². The molecule has 98 valence electrons. The van der Waals surface area contributed by atoms with E-state index >= 15 is 0 Å². The summed E-state index contributed by atoms with van der Waals surface area (Å²) in [6, 6.07) is -0.872. The lowest BCUT2D eigenvalue weighted by molar-refractivity contribution is -0.142. The van der Waals surface area contributed by atoms with Crippen molar-refractivity contribution in [3.8, 4) is 0 Å². The number of rotatable bonds is 8. The average Bonchev–Trinajstić information content (AvgIpc) is 2.22. The zero-order valence-corrected chi connectivity index (χ0v) is 9.95. The molecule has 0 heterocycles. The Hall–Kier alpha value is -1.79. The predicted molar refractivity (Wildman–Crippen MR) is 63.6 cm³/mol. The number of carboxylic acids is 1. The van der Waals surface area contributed by atoms with Crippen molar-refractivity contribution < 1.29 is 14.7 Å². The van der Waals surface area contributed by atoms with Gasteiger partial charge < -0.3 is 21.5 Å². The summed E-state index contributed by atoms with van der Waals surface area (Å²) in [6.45, 7) is 2.27. The van der Waals surface area contributed by atoms with Crippen LogP contribution in [0.1, 0.15) is 32.6 Å². The molecule has 0 aromatic heterocycles. The molecule has 17 heavy (non-hydrogen) atoms. The Labute approximate surface area is 100 Å². The van der Waals surface area contributed by atoms with Gasteiger partial charge in [0.2, 0.25) is 5.91 Å². The van der Waals surface area contributed by atoms with Crippen molar-refractivity contribution in [2.75, 3.05) is 6.54 Å². The average molecular weight is 244 g/mol. The topological polar surface area (TPSA) is 128 Å². The molecule has 7 heteroatoms. The summed E-state index contributed by atoms with van der Waals surface area (Å²) >= 11 is 0. The summed E-state index contributed by atoms with van der Waals surface area (Å²) in [7, 11) is 0. The Bertz CT molecular complexity index is 281. The van der Waals surface area contributed by atoms with Crippen LogP contribution in [-0.2, 0) is 9.59 Å². The third-order valence-corrected chi connectivity index (χ3v) is 2.10. The molecule has 0 aromatic carbocycles. The fourth-order valence-corrected chi connectivity index (χ4v) is 1.28. The first kappa shape index (κ1) is 15.2. The quantitative estimate of drug-likeness (QED) is 0.226. The smallest absolute Gasteiger partial charge is 0.326 e. The van der Waals surface area contributed by atoms with Crippen molar-refractivity contribution in [2.24, 2.45) is 5.73 Å². The molecule has 0 aliphatic heterocycles. The fraction of sp³-hybridized carbons (Fsp3) is 0.700. The number of nitrogens with one attached hydrogen (secondary N) is 3. The van der Waals surface area contributed by atoms with Crippen molar-refractivity contribution in [1.82, 2.24) is 10.6 Å². The molecule has 0 unspecified atom stereocenters. The maximum atomic E-state index is 11.3. The van der Waals surface area contributed by atoms with Crippen LogP contribution in [0.5, 0.6) is 0 Å². The number of carboxylic acid groups (broad SMARTS) is 1. The molecule has 1 amide bonds. The molecule has 0 aliphatic rings. The molecule has 7 nitrogen and oxygen atoms in total. The van der Waals surface area contributed by atoms with Crippen LogP contribution in [0, 0.1) is 5.41 Å². The maximum absolute atomic E-state index is 11.3. The normalized spacial score (nSPS) is 11.6. The second kappa shape index (κ2) is 8.37. The molecule has 0 fully saturated rings. The number of amides is 1. The Morgan fingerprint density at radius 2 is 2.12 bits per heavy atom. The molecule has 6 N–H and O–H groups in total. The van der Waals surface area contributed by atoms with Gasteiger partial charge in [-0.15, -0.1) is 0 Å². The van der Waals surface area contributed by atoms with E-state index in [4.69, 9.17) is 16.2 Å². The molecular weight excluding hydrogens is 224 g/mol. The van der Waals surface area contributed by atoms with E-state index in [9.17, 15) is 9.59 Å². The number of carbonyl (C=O) groups is 2. The van der Waals surface area contributed by atoms with Crippen molar-refractivity contribution in [3.05, 3.63) is 0 Å². The number of carbonyl (C=O) groups excluding carboxylic acids is 1.